The Morgan fingerprint density at radius 2 is 1.92 bits per heavy atom. The summed E-state index contributed by atoms with van der Waals surface area (Å²) in [5.74, 6) is -1.17. The average molecular weight is 331 g/mol. The summed E-state index contributed by atoms with van der Waals surface area (Å²) < 4.78 is 0. The van der Waals surface area contributed by atoms with Crippen molar-refractivity contribution in [1.82, 2.24) is 10.2 Å². The first-order chi connectivity index (χ1) is 11.3. The predicted molar refractivity (Wildman–Crippen MR) is 97.1 cm³/mol. The van der Waals surface area contributed by atoms with E-state index in [1.54, 1.807) is 0 Å². The highest BCUT2D eigenvalue weighted by Crippen LogP contribution is 2.29. The van der Waals surface area contributed by atoms with Crippen molar-refractivity contribution in [2.45, 2.75) is 52.0 Å². The van der Waals surface area contributed by atoms with Crippen LogP contribution in [0.1, 0.15) is 46.1 Å². The second kappa shape index (κ2) is 7.79. The molecule has 1 aliphatic heterocycles. The SMILES string of the molecule is CCN1CCC[C@H]1CNC(=O)C(=O)Nc1ccccc1C(C)(C)C. The van der Waals surface area contributed by atoms with Crippen LogP contribution in [-0.4, -0.2) is 42.4 Å². The number of nitrogens with one attached hydrogen (secondary N) is 2. The molecule has 1 heterocycles. The van der Waals surface area contributed by atoms with Crippen molar-refractivity contribution >= 4 is 17.5 Å². The zero-order valence-corrected chi connectivity index (χ0v) is 15.2. The third-order valence-electron chi connectivity index (χ3n) is 4.59. The molecule has 1 saturated heterocycles. The molecular weight excluding hydrogens is 302 g/mol. The first-order valence-electron chi connectivity index (χ1n) is 8.75. The maximum atomic E-state index is 12.2. The van der Waals surface area contributed by atoms with Crippen LogP contribution in [0, 0.1) is 0 Å². The number of likely N-dealkylation sites (tertiary alicyclic amines) is 1. The average Bonchev–Trinajstić information content (AvgIpc) is 2.99. The zero-order chi connectivity index (χ0) is 17.7. The van der Waals surface area contributed by atoms with Crippen molar-refractivity contribution in [2.24, 2.45) is 0 Å². The van der Waals surface area contributed by atoms with Gasteiger partial charge >= 0.3 is 11.8 Å². The van der Waals surface area contributed by atoms with Gasteiger partial charge in [0, 0.05) is 18.3 Å². The third kappa shape index (κ3) is 4.57. The lowest BCUT2D eigenvalue weighted by Gasteiger charge is -2.24. The van der Waals surface area contributed by atoms with Crippen LogP contribution in [0.3, 0.4) is 0 Å². The van der Waals surface area contributed by atoms with Gasteiger partial charge in [-0.15, -0.1) is 0 Å². The first-order valence-corrected chi connectivity index (χ1v) is 8.75. The van der Waals surface area contributed by atoms with Crippen molar-refractivity contribution in [3.05, 3.63) is 29.8 Å². The van der Waals surface area contributed by atoms with Crippen LogP contribution in [-0.2, 0) is 15.0 Å². The van der Waals surface area contributed by atoms with Gasteiger partial charge in [-0.1, -0.05) is 45.9 Å². The number of benzene rings is 1. The van der Waals surface area contributed by atoms with Gasteiger partial charge in [-0.05, 0) is 43.0 Å². The minimum Gasteiger partial charge on any atom is -0.346 e. The quantitative estimate of drug-likeness (QED) is 0.834. The fourth-order valence-electron chi connectivity index (χ4n) is 3.26. The molecule has 5 heteroatoms. The molecule has 0 spiro atoms. The Bertz CT molecular complexity index is 593. The van der Waals surface area contributed by atoms with Crippen molar-refractivity contribution in [2.75, 3.05) is 25.0 Å². The standard InChI is InChI=1S/C19H29N3O2/c1-5-22-12-8-9-14(22)13-20-17(23)18(24)21-16-11-7-6-10-15(16)19(2,3)4/h6-7,10-11,14H,5,8-9,12-13H2,1-4H3,(H,20,23)(H,21,24)/t14-/m0/s1. The van der Waals surface area contributed by atoms with Crippen LogP contribution in [0.15, 0.2) is 24.3 Å². The number of amides is 2. The summed E-state index contributed by atoms with van der Waals surface area (Å²) in [4.78, 5) is 26.7. The number of carbonyl (C=O) groups is 2. The molecule has 0 saturated carbocycles. The fraction of sp³-hybridized carbons (Fsp3) is 0.579. The molecule has 132 valence electrons. The van der Waals surface area contributed by atoms with Crippen LogP contribution in [0.5, 0.6) is 0 Å². The van der Waals surface area contributed by atoms with Gasteiger partial charge in [0.05, 0.1) is 0 Å². The Morgan fingerprint density at radius 1 is 1.21 bits per heavy atom. The van der Waals surface area contributed by atoms with Crippen molar-refractivity contribution < 1.29 is 9.59 Å². The summed E-state index contributed by atoms with van der Waals surface area (Å²) in [6, 6.07) is 7.96. The number of hydrogen-bond donors (Lipinski definition) is 2. The van der Waals surface area contributed by atoms with Gasteiger partial charge in [-0.25, -0.2) is 0 Å². The first kappa shape index (κ1) is 18.5. The van der Waals surface area contributed by atoms with Crippen LogP contribution >= 0.6 is 0 Å². The fourth-order valence-corrected chi connectivity index (χ4v) is 3.26. The molecule has 0 unspecified atom stereocenters. The van der Waals surface area contributed by atoms with Crippen LogP contribution in [0.4, 0.5) is 5.69 Å². The second-order valence-corrected chi connectivity index (χ2v) is 7.38. The third-order valence-corrected chi connectivity index (χ3v) is 4.59. The maximum Gasteiger partial charge on any atom is 0.313 e. The number of hydrogen-bond acceptors (Lipinski definition) is 3. The van der Waals surface area contributed by atoms with Gasteiger partial charge < -0.3 is 10.6 Å². The Kier molecular flexibility index (Phi) is 5.99. The van der Waals surface area contributed by atoms with E-state index in [9.17, 15) is 9.59 Å². The topological polar surface area (TPSA) is 61.4 Å². The number of likely N-dealkylation sites (N-methyl/N-ethyl adjacent to an activating group) is 1. The van der Waals surface area contributed by atoms with E-state index in [-0.39, 0.29) is 5.41 Å². The number of para-hydroxylation sites is 1. The Hall–Kier alpha value is -1.88. The van der Waals surface area contributed by atoms with E-state index in [4.69, 9.17) is 0 Å². The summed E-state index contributed by atoms with van der Waals surface area (Å²) >= 11 is 0. The van der Waals surface area contributed by atoms with Gasteiger partial charge in [0.25, 0.3) is 0 Å². The summed E-state index contributed by atoms with van der Waals surface area (Å²) in [5.41, 5.74) is 1.60. The molecule has 0 aromatic heterocycles. The molecule has 2 rings (SSSR count). The van der Waals surface area contributed by atoms with E-state index in [0.717, 1.165) is 31.5 Å². The minimum absolute atomic E-state index is 0.105. The summed E-state index contributed by atoms with van der Waals surface area (Å²) in [6.45, 7) is 10.9. The highest BCUT2D eigenvalue weighted by atomic mass is 16.2. The number of anilines is 1. The van der Waals surface area contributed by atoms with Crippen molar-refractivity contribution in [1.29, 1.82) is 0 Å². The molecule has 0 aliphatic carbocycles. The van der Waals surface area contributed by atoms with Crippen LogP contribution < -0.4 is 10.6 Å². The second-order valence-electron chi connectivity index (χ2n) is 7.38. The summed E-state index contributed by atoms with van der Waals surface area (Å²) in [7, 11) is 0. The predicted octanol–water partition coefficient (Wildman–Crippen LogP) is 2.52. The lowest BCUT2D eigenvalue weighted by atomic mass is 9.86. The molecule has 1 atom stereocenters. The minimum atomic E-state index is -0.604. The maximum absolute atomic E-state index is 12.2. The van der Waals surface area contributed by atoms with E-state index in [1.165, 1.54) is 0 Å². The largest absolute Gasteiger partial charge is 0.346 e. The highest BCUT2D eigenvalue weighted by Gasteiger charge is 2.25. The van der Waals surface area contributed by atoms with E-state index >= 15 is 0 Å². The van der Waals surface area contributed by atoms with E-state index in [0.29, 0.717) is 18.3 Å². The Balaban J connectivity index is 1.94. The molecular formula is C19H29N3O2. The summed E-state index contributed by atoms with van der Waals surface area (Å²) in [6.07, 6.45) is 2.22. The van der Waals surface area contributed by atoms with Gasteiger partial charge in [-0.3, -0.25) is 14.5 Å². The number of carbonyl (C=O) groups excluding carboxylic acids is 2. The smallest absolute Gasteiger partial charge is 0.313 e. The summed E-state index contributed by atoms with van der Waals surface area (Å²) in [5, 5.41) is 5.53. The molecule has 5 nitrogen and oxygen atoms in total. The Labute approximate surface area is 144 Å². The molecule has 0 radical (unpaired) electrons. The van der Waals surface area contributed by atoms with E-state index in [1.807, 2.05) is 24.3 Å². The van der Waals surface area contributed by atoms with Crippen LogP contribution in [0.25, 0.3) is 0 Å². The van der Waals surface area contributed by atoms with Crippen molar-refractivity contribution in [3.63, 3.8) is 0 Å². The molecule has 0 bridgehead atoms. The Morgan fingerprint density at radius 3 is 2.58 bits per heavy atom. The number of rotatable bonds is 4. The van der Waals surface area contributed by atoms with E-state index in [2.05, 4.69) is 43.2 Å². The molecule has 1 aromatic carbocycles. The zero-order valence-electron chi connectivity index (χ0n) is 15.2. The molecule has 2 amide bonds. The molecule has 24 heavy (non-hydrogen) atoms. The van der Waals surface area contributed by atoms with Gasteiger partial charge in [-0.2, -0.15) is 0 Å². The van der Waals surface area contributed by atoms with Gasteiger partial charge in [0.2, 0.25) is 0 Å². The van der Waals surface area contributed by atoms with Crippen molar-refractivity contribution in [3.8, 4) is 0 Å². The molecule has 1 fully saturated rings. The monoisotopic (exact) mass is 331 g/mol. The molecule has 2 N–H and O–H groups in total. The lowest BCUT2D eigenvalue weighted by Crippen LogP contribution is -2.43. The lowest BCUT2D eigenvalue weighted by molar-refractivity contribution is -0.136. The van der Waals surface area contributed by atoms with Gasteiger partial charge in [0.1, 0.15) is 0 Å². The highest BCUT2D eigenvalue weighted by molar-refractivity contribution is 6.39. The number of nitrogens with zero attached hydrogens (tertiary/aromatic N) is 1. The molecule has 1 aliphatic rings. The molecule has 1 aromatic rings. The van der Waals surface area contributed by atoms with Crippen LogP contribution in [0.2, 0.25) is 0 Å². The normalized spacial score (nSPS) is 18.4. The van der Waals surface area contributed by atoms with E-state index < -0.39 is 11.8 Å². The van der Waals surface area contributed by atoms with Gasteiger partial charge in [0.15, 0.2) is 0 Å².